The van der Waals surface area contributed by atoms with Crippen LogP contribution in [0.3, 0.4) is 0 Å². The van der Waals surface area contributed by atoms with Crippen molar-refractivity contribution in [2.75, 3.05) is 7.11 Å². The molecule has 9 heteroatoms. The van der Waals surface area contributed by atoms with Crippen molar-refractivity contribution in [2.45, 2.75) is 43.9 Å². The summed E-state index contributed by atoms with van der Waals surface area (Å²) in [6.45, 7) is 0. The summed E-state index contributed by atoms with van der Waals surface area (Å²) < 4.78 is 44.9. The van der Waals surface area contributed by atoms with Gasteiger partial charge in [0.15, 0.2) is 6.04 Å². The van der Waals surface area contributed by atoms with Crippen molar-refractivity contribution < 1.29 is 32.6 Å². The molecule has 6 nitrogen and oxygen atoms in total. The van der Waals surface area contributed by atoms with E-state index < -0.39 is 30.1 Å². The van der Waals surface area contributed by atoms with Crippen LogP contribution in [0, 0.1) is 5.92 Å². The van der Waals surface area contributed by atoms with Crippen molar-refractivity contribution in [1.29, 1.82) is 0 Å². The number of hydrogen-bond donors (Lipinski definition) is 3. The number of carboxylic acid groups (broad SMARTS) is 1. The number of alkyl halides is 3. The predicted octanol–water partition coefficient (Wildman–Crippen LogP) is 3.24. The lowest BCUT2D eigenvalue weighted by atomic mass is 9.86. The molecule has 1 saturated carbocycles. The quantitative estimate of drug-likeness (QED) is 0.738. The summed E-state index contributed by atoms with van der Waals surface area (Å²) in [6, 6.07) is 1.85. The third-order valence-electron chi connectivity index (χ3n) is 4.46. The van der Waals surface area contributed by atoms with E-state index in [0.717, 1.165) is 0 Å². The average molecular weight is 374 g/mol. The molecule has 1 unspecified atom stereocenters. The highest BCUT2D eigenvalue weighted by atomic mass is 19.4. The molecule has 1 fully saturated rings. The Morgan fingerprint density at radius 1 is 1.15 bits per heavy atom. The van der Waals surface area contributed by atoms with Gasteiger partial charge in [-0.15, -0.1) is 0 Å². The molecule has 26 heavy (non-hydrogen) atoms. The van der Waals surface area contributed by atoms with Crippen molar-refractivity contribution in [1.82, 2.24) is 10.6 Å². The number of aliphatic carboxylic acids is 1. The second-order valence-corrected chi connectivity index (χ2v) is 6.25. The summed E-state index contributed by atoms with van der Waals surface area (Å²) in [5.74, 6) is -0.933. The van der Waals surface area contributed by atoms with Gasteiger partial charge in [0.05, 0.1) is 13.0 Å². The van der Waals surface area contributed by atoms with E-state index in [1.54, 1.807) is 0 Å². The van der Waals surface area contributed by atoms with E-state index in [2.05, 4.69) is 5.32 Å². The predicted molar refractivity (Wildman–Crippen MR) is 86.8 cm³/mol. The summed E-state index contributed by atoms with van der Waals surface area (Å²) in [5, 5.41) is 13.4. The first-order chi connectivity index (χ1) is 12.2. The lowest BCUT2D eigenvalue weighted by molar-refractivity contribution is -0.155. The van der Waals surface area contributed by atoms with Crippen LogP contribution >= 0.6 is 0 Å². The van der Waals surface area contributed by atoms with Crippen LogP contribution in [0.4, 0.5) is 18.0 Å². The summed E-state index contributed by atoms with van der Waals surface area (Å²) in [5.41, 5.74) is -0.108. The first kappa shape index (κ1) is 19.9. The third kappa shape index (κ3) is 5.27. The zero-order valence-electron chi connectivity index (χ0n) is 14.2. The molecule has 1 aliphatic rings. The molecule has 0 aromatic heterocycles. The van der Waals surface area contributed by atoms with Crippen molar-refractivity contribution in [2.24, 2.45) is 5.92 Å². The molecule has 3 N–H and O–H groups in total. The van der Waals surface area contributed by atoms with Crippen LogP contribution < -0.4 is 15.4 Å². The number of carbonyl (C=O) groups is 2. The minimum atomic E-state index is -4.66. The van der Waals surface area contributed by atoms with E-state index >= 15 is 0 Å². The zero-order valence-corrected chi connectivity index (χ0v) is 14.2. The highest BCUT2D eigenvalue weighted by molar-refractivity contribution is 5.75. The van der Waals surface area contributed by atoms with Crippen LogP contribution in [0.5, 0.6) is 5.75 Å². The van der Waals surface area contributed by atoms with Crippen molar-refractivity contribution in [3.63, 3.8) is 0 Å². The van der Waals surface area contributed by atoms with E-state index in [0.29, 0.717) is 31.4 Å². The highest BCUT2D eigenvalue weighted by Crippen LogP contribution is 2.33. The van der Waals surface area contributed by atoms with Gasteiger partial charge < -0.3 is 20.5 Å². The molecule has 0 saturated heterocycles. The fourth-order valence-electron chi connectivity index (χ4n) is 2.99. The largest absolute Gasteiger partial charge is 0.497 e. The van der Waals surface area contributed by atoms with Crippen LogP contribution in [0.25, 0.3) is 0 Å². The van der Waals surface area contributed by atoms with Gasteiger partial charge in [0.2, 0.25) is 0 Å². The van der Waals surface area contributed by atoms with Gasteiger partial charge in [0.1, 0.15) is 5.75 Å². The SMILES string of the molecule is COc1ccc(C(NC(=O)NC2CCC(C(=O)O)CC2)C(F)(F)F)cc1. The molecular weight excluding hydrogens is 353 g/mol. The monoisotopic (exact) mass is 374 g/mol. The number of carbonyl (C=O) groups excluding carboxylic acids is 1. The maximum Gasteiger partial charge on any atom is 0.412 e. The molecule has 0 spiro atoms. The Morgan fingerprint density at radius 3 is 2.19 bits per heavy atom. The van der Waals surface area contributed by atoms with E-state index in [4.69, 9.17) is 9.84 Å². The lowest BCUT2D eigenvalue weighted by Gasteiger charge is -2.28. The molecule has 0 heterocycles. The minimum Gasteiger partial charge on any atom is -0.497 e. The topological polar surface area (TPSA) is 87.7 Å². The first-order valence-electron chi connectivity index (χ1n) is 8.21. The number of benzene rings is 1. The fourth-order valence-corrected chi connectivity index (χ4v) is 2.99. The van der Waals surface area contributed by atoms with E-state index in [1.807, 2.05) is 5.32 Å². The normalized spacial score (nSPS) is 21.5. The smallest absolute Gasteiger partial charge is 0.412 e. The number of amides is 2. The number of halogens is 3. The molecule has 0 aliphatic heterocycles. The number of urea groups is 1. The molecule has 0 radical (unpaired) electrons. The summed E-state index contributed by atoms with van der Waals surface area (Å²) in [6.07, 6.45) is -3.04. The number of rotatable bonds is 5. The standard InChI is InChI=1S/C17H21F3N2O4/c1-26-13-8-4-10(5-9-13)14(17(18,19)20)22-16(25)21-12-6-2-11(3-7-12)15(23)24/h4-5,8-9,11-12,14H,2-3,6-7H2,1H3,(H,23,24)(H2,21,22,25). The van der Waals surface area contributed by atoms with Gasteiger partial charge in [-0.3, -0.25) is 4.79 Å². The third-order valence-corrected chi connectivity index (χ3v) is 4.46. The molecule has 2 rings (SSSR count). The van der Waals surface area contributed by atoms with Crippen LogP contribution in [-0.2, 0) is 4.79 Å². The Labute approximate surface area is 148 Å². The fraction of sp³-hybridized carbons (Fsp3) is 0.529. The van der Waals surface area contributed by atoms with Crippen molar-refractivity contribution in [3.05, 3.63) is 29.8 Å². The minimum absolute atomic E-state index is 0.108. The van der Waals surface area contributed by atoms with E-state index in [1.165, 1.54) is 31.4 Å². The molecule has 1 atom stereocenters. The molecule has 144 valence electrons. The Balaban J connectivity index is 1.97. The number of carboxylic acids is 1. The van der Waals surface area contributed by atoms with Gasteiger partial charge in [-0.2, -0.15) is 13.2 Å². The van der Waals surface area contributed by atoms with Crippen LogP contribution in [0.1, 0.15) is 37.3 Å². The van der Waals surface area contributed by atoms with Gasteiger partial charge >= 0.3 is 18.2 Å². The zero-order chi connectivity index (χ0) is 19.3. The van der Waals surface area contributed by atoms with Gasteiger partial charge in [-0.25, -0.2) is 4.79 Å². The van der Waals surface area contributed by atoms with Crippen LogP contribution in [0.2, 0.25) is 0 Å². The molecule has 1 aromatic carbocycles. The average Bonchev–Trinajstić information content (AvgIpc) is 2.59. The van der Waals surface area contributed by atoms with Crippen molar-refractivity contribution >= 4 is 12.0 Å². The van der Waals surface area contributed by atoms with Gasteiger partial charge in [0, 0.05) is 6.04 Å². The van der Waals surface area contributed by atoms with Gasteiger partial charge in [-0.1, -0.05) is 12.1 Å². The number of hydrogen-bond acceptors (Lipinski definition) is 3. The molecule has 2 amide bonds. The maximum atomic E-state index is 13.3. The second-order valence-electron chi connectivity index (χ2n) is 6.25. The van der Waals surface area contributed by atoms with Gasteiger partial charge in [0.25, 0.3) is 0 Å². The summed E-state index contributed by atoms with van der Waals surface area (Å²) in [4.78, 5) is 22.9. The van der Waals surface area contributed by atoms with E-state index in [-0.39, 0.29) is 11.6 Å². The molecule has 1 aliphatic carbocycles. The van der Waals surface area contributed by atoms with Crippen molar-refractivity contribution in [3.8, 4) is 5.75 Å². The van der Waals surface area contributed by atoms with E-state index in [9.17, 15) is 22.8 Å². The Hall–Kier alpha value is -2.45. The molecule has 1 aromatic rings. The first-order valence-corrected chi connectivity index (χ1v) is 8.21. The number of ether oxygens (including phenoxy) is 1. The Bertz CT molecular complexity index is 626. The Morgan fingerprint density at radius 2 is 1.73 bits per heavy atom. The van der Waals surface area contributed by atoms with Crippen LogP contribution in [-0.4, -0.2) is 36.4 Å². The molecule has 0 bridgehead atoms. The highest BCUT2D eigenvalue weighted by Gasteiger charge is 2.42. The van der Waals surface area contributed by atoms with Gasteiger partial charge in [-0.05, 0) is 43.4 Å². The summed E-state index contributed by atoms with van der Waals surface area (Å²) in [7, 11) is 1.40. The lowest BCUT2D eigenvalue weighted by Crippen LogP contribution is -2.48. The number of methoxy groups -OCH3 is 1. The second kappa shape index (κ2) is 8.29. The van der Waals surface area contributed by atoms with Crippen LogP contribution in [0.15, 0.2) is 24.3 Å². The molecular formula is C17H21F3N2O4. The maximum absolute atomic E-state index is 13.3. The Kier molecular flexibility index (Phi) is 6.33. The number of nitrogens with one attached hydrogen (secondary N) is 2. The summed E-state index contributed by atoms with van der Waals surface area (Å²) >= 11 is 0.